The van der Waals surface area contributed by atoms with Crippen molar-refractivity contribution >= 4 is 0 Å². The van der Waals surface area contributed by atoms with E-state index >= 15 is 0 Å². The fourth-order valence-corrected chi connectivity index (χ4v) is 1.23. The lowest BCUT2D eigenvalue weighted by molar-refractivity contribution is 0.149. The molecule has 12 heavy (non-hydrogen) atoms. The molecule has 0 bridgehead atoms. The van der Waals surface area contributed by atoms with Gasteiger partial charge in [0.2, 0.25) is 0 Å². The lowest BCUT2D eigenvalue weighted by Crippen LogP contribution is -2.28. The number of unbranched alkanes of at least 4 members (excludes halogenated alkanes) is 2. The highest BCUT2D eigenvalue weighted by Crippen LogP contribution is 1.97. The highest BCUT2D eigenvalue weighted by Gasteiger charge is 1.99. The molecule has 0 aromatic carbocycles. The van der Waals surface area contributed by atoms with Crippen molar-refractivity contribution in [1.29, 1.82) is 0 Å². The Morgan fingerprint density at radius 2 is 1.83 bits per heavy atom. The molecule has 0 saturated heterocycles. The number of likely N-dealkylation sites (N-methyl/N-ethyl adjacent to an activating group) is 1. The molecular formula is C10H23NO. The van der Waals surface area contributed by atoms with Gasteiger partial charge in [-0.05, 0) is 19.5 Å². The Morgan fingerprint density at radius 1 is 1.08 bits per heavy atom. The van der Waals surface area contributed by atoms with Gasteiger partial charge in [-0.25, -0.2) is 0 Å². The van der Waals surface area contributed by atoms with Crippen LogP contribution in [0.3, 0.4) is 0 Å². The van der Waals surface area contributed by atoms with Gasteiger partial charge in [0.1, 0.15) is 0 Å². The topological polar surface area (TPSA) is 12.5 Å². The number of hydrogen-bond donors (Lipinski definition) is 0. The van der Waals surface area contributed by atoms with Crippen LogP contribution in [0.5, 0.6) is 0 Å². The SMILES string of the molecule is CCCCCN(CC)CCOC. The first-order valence-electron chi connectivity index (χ1n) is 5.06. The summed E-state index contributed by atoms with van der Waals surface area (Å²) in [6.07, 6.45) is 3.99. The summed E-state index contributed by atoms with van der Waals surface area (Å²) in [6.45, 7) is 8.77. The zero-order valence-corrected chi connectivity index (χ0v) is 8.81. The van der Waals surface area contributed by atoms with Crippen LogP contribution in [0.2, 0.25) is 0 Å². The van der Waals surface area contributed by atoms with Crippen molar-refractivity contribution < 1.29 is 4.74 Å². The third-order valence-corrected chi connectivity index (χ3v) is 2.14. The molecule has 74 valence electrons. The standard InChI is InChI=1S/C10H23NO/c1-4-6-7-8-11(5-2)9-10-12-3/h4-10H2,1-3H3. The van der Waals surface area contributed by atoms with E-state index in [4.69, 9.17) is 4.74 Å². The Balaban J connectivity index is 3.26. The summed E-state index contributed by atoms with van der Waals surface area (Å²) in [5.41, 5.74) is 0. The molecule has 0 rings (SSSR count). The molecular weight excluding hydrogens is 150 g/mol. The van der Waals surface area contributed by atoms with Crippen LogP contribution in [0.1, 0.15) is 33.1 Å². The van der Waals surface area contributed by atoms with Crippen molar-refractivity contribution in [3.63, 3.8) is 0 Å². The van der Waals surface area contributed by atoms with E-state index in [1.807, 2.05) is 0 Å². The maximum Gasteiger partial charge on any atom is 0.0589 e. The molecule has 0 unspecified atom stereocenters. The van der Waals surface area contributed by atoms with E-state index in [-0.39, 0.29) is 0 Å². The van der Waals surface area contributed by atoms with Crippen molar-refractivity contribution in [3.8, 4) is 0 Å². The molecule has 0 aliphatic carbocycles. The number of rotatable bonds is 8. The summed E-state index contributed by atoms with van der Waals surface area (Å²) in [7, 11) is 1.76. The predicted molar refractivity (Wildman–Crippen MR) is 53.5 cm³/mol. The summed E-state index contributed by atoms with van der Waals surface area (Å²) in [4.78, 5) is 2.44. The van der Waals surface area contributed by atoms with Gasteiger partial charge in [-0.15, -0.1) is 0 Å². The van der Waals surface area contributed by atoms with Gasteiger partial charge in [0.15, 0.2) is 0 Å². The molecule has 0 radical (unpaired) electrons. The quantitative estimate of drug-likeness (QED) is 0.521. The van der Waals surface area contributed by atoms with Crippen molar-refractivity contribution in [3.05, 3.63) is 0 Å². The van der Waals surface area contributed by atoms with E-state index < -0.39 is 0 Å². The summed E-state index contributed by atoms with van der Waals surface area (Å²) < 4.78 is 5.04. The molecule has 0 fully saturated rings. The van der Waals surface area contributed by atoms with E-state index in [0.29, 0.717) is 0 Å². The van der Waals surface area contributed by atoms with Crippen molar-refractivity contribution in [1.82, 2.24) is 4.90 Å². The van der Waals surface area contributed by atoms with Crippen LogP contribution in [0.25, 0.3) is 0 Å². The molecule has 2 heteroatoms. The molecule has 0 heterocycles. The smallest absolute Gasteiger partial charge is 0.0589 e. The Morgan fingerprint density at radius 3 is 2.33 bits per heavy atom. The second-order valence-electron chi connectivity index (χ2n) is 3.13. The van der Waals surface area contributed by atoms with E-state index in [2.05, 4.69) is 18.7 Å². The number of hydrogen-bond acceptors (Lipinski definition) is 2. The normalized spacial score (nSPS) is 11.0. The summed E-state index contributed by atoms with van der Waals surface area (Å²) in [6, 6.07) is 0. The molecule has 0 aromatic heterocycles. The van der Waals surface area contributed by atoms with Gasteiger partial charge < -0.3 is 9.64 Å². The fourth-order valence-electron chi connectivity index (χ4n) is 1.23. The third kappa shape index (κ3) is 6.62. The van der Waals surface area contributed by atoms with Crippen LogP contribution in [0, 0.1) is 0 Å². The van der Waals surface area contributed by atoms with E-state index in [9.17, 15) is 0 Å². The maximum absolute atomic E-state index is 5.04. The Labute approximate surface area is 76.9 Å². The van der Waals surface area contributed by atoms with Gasteiger partial charge in [0.25, 0.3) is 0 Å². The van der Waals surface area contributed by atoms with Crippen LogP contribution >= 0.6 is 0 Å². The average molecular weight is 173 g/mol. The Kier molecular flexibility index (Phi) is 8.95. The first-order valence-corrected chi connectivity index (χ1v) is 5.06. The van der Waals surface area contributed by atoms with Crippen LogP contribution < -0.4 is 0 Å². The zero-order chi connectivity index (χ0) is 9.23. The molecule has 0 aromatic rings. The number of methoxy groups -OCH3 is 1. The van der Waals surface area contributed by atoms with Gasteiger partial charge in [0.05, 0.1) is 6.61 Å². The van der Waals surface area contributed by atoms with Crippen LogP contribution in [0.4, 0.5) is 0 Å². The van der Waals surface area contributed by atoms with Gasteiger partial charge in [-0.1, -0.05) is 26.7 Å². The minimum Gasteiger partial charge on any atom is -0.383 e. The number of ether oxygens (including phenoxy) is 1. The Hall–Kier alpha value is -0.0800. The van der Waals surface area contributed by atoms with Crippen LogP contribution in [-0.4, -0.2) is 38.3 Å². The average Bonchev–Trinajstić information content (AvgIpc) is 2.11. The minimum atomic E-state index is 0.861. The predicted octanol–water partition coefficient (Wildman–Crippen LogP) is 2.14. The molecule has 0 N–H and O–H groups in total. The van der Waals surface area contributed by atoms with Crippen molar-refractivity contribution in [2.24, 2.45) is 0 Å². The molecule has 0 aliphatic rings. The first-order chi connectivity index (χ1) is 5.85. The Bertz CT molecular complexity index is 85.9. The fraction of sp³-hybridized carbons (Fsp3) is 1.00. The monoisotopic (exact) mass is 173 g/mol. The van der Waals surface area contributed by atoms with Gasteiger partial charge in [-0.2, -0.15) is 0 Å². The molecule has 0 amide bonds. The highest BCUT2D eigenvalue weighted by atomic mass is 16.5. The zero-order valence-electron chi connectivity index (χ0n) is 8.81. The van der Waals surface area contributed by atoms with E-state index in [1.54, 1.807) is 7.11 Å². The second-order valence-corrected chi connectivity index (χ2v) is 3.13. The van der Waals surface area contributed by atoms with Crippen LogP contribution in [0.15, 0.2) is 0 Å². The van der Waals surface area contributed by atoms with Crippen LogP contribution in [-0.2, 0) is 4.74 Å². The summed E-state index contributed by atoms with van der Waals surface area (Å²) in [5.74, 6) is 0. The summed E-state index contributed by atoms with van der Waals surface area (Å²) in [5, 5.41) is 0. The van der Waals surface area contributed by atoms with E-state index in [0.717, 1.165) is 19.7 Å². The second kappa shape index (κ2) is 9.01. The molecule has 0 aliphatic heterocycles. The summed E-state index contributed by atoms with van der Waals surface area (Å²) >= 11 is 0. The largest absolute Gasteiger partial charge is 0.383 e. The lowest BCUT2D eigenvalue weighted by atomic mass is 10.2. The first kappa shape index (κ1) is 11.9. The highest BCUT2D eigenvalue weighted by molar-refractivity contribution is 4.54. The van der Waals surface area contributed by atoms with Gasteiger partial charge in [0, 0.05) is 13.7 Å². The van der Waals surface area contributed by atoms with Crippen molar-refractivity contribution in [2.75, 3.05) is 33.4 Å². The maximum atomic E-state index is 5.04. The minimum absolute atomic E-state index is 0.861. The third-order valence-electron chi connectivity index (χ3n) is 2.14. The molecule has 0 saturated carbocycles. The molecule has 2 nitrogen and oxygen atoms in total. The molecule has 0 spiro atoms. The lowest BCUT2D eigenvalue weighted by Gasteiger charge is -2.19. The van der Waals surface area contributed by atoms with Crippen molar-refractivity contribution in [2.45, 2.75) is 33.1 Å². The number of nitrogens with zero attached hydrogens (tertiary/aromatic N) is 1. The van der Waals surface area contributed by atoms with Gasteiger partial charge >= 0.3 is 0 Å². The molecule has 0 atom stereocenters. The van der Waals surface area contributed by atoms with Gasteiger partial charge in [-0.3, -0.25) is 0 Å². The van der Waals surface area contributed by atoms with E-state index in [1.165, 1.54) is 25.8 Å².